The van der Waals surface area contributed by atoms with E-state index in [0.29, 0.717) is 25.9 Å². The third-order valence-electron chi connectivity index (χ3n) is 5.75. The zero-order chi connectivity index (χ0) is 20.6. The van der Waals surface area contributed by atoms with Crippen molar-refractivity contribution in [1.82, 2.24) is 10.2 Å². The van der Waals surface area contributed by atoms with Crippen molar-refractivity contribution in [2.45, 2.75) is 64.0 Å². The Kier molecular flexibility index (Phi) is 7.49. The summed E-state index contributed by atoms with van der Waals surface area (Å²) < 4.78 is 5.41. The van der Waals surface area contributed by atoms with Crippen LogP contribution in [0.2, 0.25) is 0 Å². The number of benzene rings is 1. The Labute approximate surface area is 172 Å². The van der Waals surface area contributed by atoms with Gasteiger partial charge in [0.25, 0.3) is 5.91 Å². The van der Waals surface area contributed by atoms with E-state index in [4.69, 9.17) is 4.74 Å². The maximum Gasteiger partial charge on any atom is 0.321 e. The summed E-state index contributed by atoms with van der Waals surface area (Å²) in [6.07, 6.45) is 5.77. The molecule has 1 aromatic carbocycles. The summed E-state index contributed by atoms with van der Waals surface area (Å²) in [5.41, 5.74) is 0.747. The number of carbonyl (C=O) groups is 3. The Morgan fingerprint density at radius 1 is 1.00 bits per heavy atom. The number of amides is 3. The van der Waals surface area contributed by atoms with Crippen molar-refractivity contribution in [2.24, 2.45) is 5.92 Å². The lowest BCUT2D eigenvalue weighted by Crippen LogP contribution is -2.45. The van der Waals surface area contributed by atoms with Crippen LogP contribution in [0.5, 0.6) is 0 Å². The molecule has 29 heavy (non-hydrogen) atoms. The lowest BCUT2D eigenvalue weighted by molar-refractivity contribution is -0.160. The largest absolute Gasteiger partial charge is 0.452 e. The van der Waals surface area contributed by atoms with Crippen LogP contribution in [0.15, 0.2) is 30.3 Å². The number of esters is 1. The molecule has 1 aliphatic carbocycles. The van der Waals surface area contributed by atoms with Crippen molar-refractivity contribution in [2.75, 3.05) is 18.4 Å². The first-order valence-electron chi connectivity index (χ1n) is 10.6. The highest BCUT2D eigenvalue weighted by atomic mass is 16.5. The molecule has 1 unspecified atom stereocenters. The second-order valence-electron chi connectivity index (χ2n) is 7.98. The van der Waals surface area contributed by atoms with Gasteiger partial charge in [0, 0.05) is 24.8 Å². The summed E-state index contributed by atoms with van der Waals surface area (Å²) in [4.78, 5) is 38.8. The predicted octanol–water partition coefficient (Wildman–Crippen LogP) is 3.31. The molecule has 0 bridgehead atoms. The van der Waals surface area contributed by atoms with Gasteiger partial charge in [-0.15, -0.1) is 0 Å². The summed E-state index contributed by atoms with van der Waals surface area (Å²) in [5.74, 6) is -0.843. The molecule has 1 aliphatic heterocycles. The number of nitrogens with zero attached hydrogens (tertiary/aromatic N) is 1. The molecule has 7 nitrogen and oxygen atoms in total. The van der Waals surface area contributed by atoms with Gasteiger partial charge in [0.1, 0.15) is 0 Å². The molecule has 0 aromatic heterocycles. The van der Waals surface area contributed by atoms with Gasteiger partial charge in [-0.05, 0) is 44.7 Å². The standard InChI is InChI=1S/C22H31N3O4/c1-16(20(26)23-18-8-4-2-5-9-18)29-21(27)17-12-14-25(15-13-17)22(28)24-19-10-6-3-7-11-19/h3,6-7,10-11,16-18H,2,4-5,8-9,12-15H2,1H3,(H,23,26)(H,24,28). The number of anilines is 1. The van der Waals surface area contributed by atoms with Crippen molar-refractivity contribution < 1.29 is 19.1 Å². The van der Waals surface area contributed by atoms with Crippen molar-refractivity contribution in [3.63, 3.8) is 0 Å². The van der Waals surface area contributed by atoms with Gasteiger partial charge < -0.3 is 20.3 Å². The highest BCUT2D eigenvalue weighted by Crippen LogP contribution is 2.21. The van der Waals surface area contributed by atoms with Gasteiger partial charge in [-0.3, -0.25) is 9.59 Å². The van der Waals surface area contributed by atoms with Gasteiger partial charge in [-0.1, -0.05) is 37.5 Å². The molecule has 1 saturated carbocycles. The Balaban J connectivity index is 1.39. The Morgan fingerprint density at radius 3 is 2.31 bits per heavy atom. The highest BCUT2D eigenvalue weighted by Gasteiger charge is 2.31. The van der Waals surface area contributed by atoms with Crippen LogP contribution in [0.25, 0.3) is 0 Å². The lowest BCUT2D eigenvalue weighted by atomic mass is 9.95. The smallest absolute Gasteiger partial charge is 0.321 e. The molecule has 2 N–H and O–H groups in total. The quantitative estimate of drug-likeness (QED) is 0.741. The summed E-state index contributed by atoms with van der Waals surface area (Å²) in [6, 6.07) is 9.33. The van der Waals surface area contributed by atoms with E-state index in [1.54, 1.807) is 11.8 Å². The zero-order valence-electron chi connectivity index (χ0n) is 17.1. The molecule has 1 heterocycles. The molecule has 2 fully saturated rings. The summed E-state index contributed by atoms with van der Waals surface area (Å²) in [5, 5.41) is 5.85. The summed E-state index contributed by atoms with van der Waals surface area (Å²) in [7, 11) is 0. The van der Waals surface area contributed by atoms with Crippen LogP contribution in [0.4, 0.5) is 10.5 Å². The molecule has 7 heteroatoms. The van der Waals surface area contributed by atoms with E-state index in [1.165, 1.54) is 6.42 Å². The van der Waals surface area contributed by atoms with Crippen LogP contribution in [-0.4, -0.2) is 48.0 Å². The SMILES string of the molecule is CC(OC(=O)C1CCN(C(=O)Nc2ccccc2)CC1)C(=O)NC1CCCCC1. The van der Waals surface area contributed by atoms with Crippen molar-refractivity contribution in [3.8, 4) is 0 Å². The number of hydrogen-bond acceptors (Lipinski definition) is 4. The maximum absolute atomic E-state index is 12.5. The first-order chi connectivity index (χ1) is 14.0. The Bertz CT molecular complexity index is 695. The van der Waals surface area contributed by atoms with Gasteiger partial charge >= 0.3 is 12.0 Å². The molecule has 158 valence electrons. The number of carbonyl (C=O) groups excluding carboxylic acids is 3. The molecule has 0 radical (unpaired) electrons. The zero-order valence-corrected chi connectivity index (χ0v) is 17.1. The molecular weight excluding hydrogens is 370 g/mol. The maximum atomic E-state index is 12.5. The molecule has 1 aromatic rings. The van der Waals surface area contributed by atoms with E-state index in [9.17, 15) is 14.4 Å². The lowest BCUT2D eigenvalue weighted by Gasteiger charge is -2.31. The molecule has 1 atom stereocenters. The molecule has 3 rings (SSSR count). The Hall–Kier alpha value is -2.57. The van der Waals surface area contributed by atoms with Crippen LogP contribution in [0.3, 0.4) is 0 Å². The third-order valence-corrected chi connectivity index (χ3v) is 5.75. The molecule has 2 aliphatic rings. The summed E-state index contributed by atoms with van der Waals surface area (Å²) in [6.45, 7) is 2.60. The van der Waals surface area contributed by atoms with Gasteiger partial charge in [-0.2, -0.15) is 0 Å². The van der Waals surface area contributed by atoms with Crippen LogP contribution in [-0.2, 0) is 14.3 Å². The van der Waals surface area contributed by atoms with Crippen LogP contribution < -0.4 is 10.6 Å². The normalized spacial score (nSPS) is 19.3. The number of nitrogens with one attached hydrogen (secondary N) is 2. The molecular formula is C22H31N3O4. The predicted molar refractivity (Wildman–Crippen MR) is 110 cm³/mol. The average Bonchev–Trinajstić information content (AvgIpc) is 2.75. The molecule has 1 saturated heterocycles. The molecule has 0 spiro atoms. The van der Waals surface area contributed by atoms with E-state index < -0.39 is 6.10 Å². The number of rotatable bonds is 5. The minimum Gasteiger partial charge on any atom is -0.452 e. The van der Waals surface area contributed by atoms with Crippen LogP contribution in [0.1, 0.15) is 51.9 Å². The first-order valence-corrected chi connectivity index (χ1v) is 10.6. The van der Waals surface area contributed by atoms with Crippen molar-refractivity contribution >= 4 is 23.6 Å². The van der Waals surface area contributed by atoms with Crippen molar-refractivity contribution in [3.05, 3.63) is 30.3 Å². The number of ether oxygens (including phenoxy) is 1. The van der Waals surface area contributed by atoms with Gasteiger partial charge in [0.2, 0.25) is 0 Å². The Morgan fingerprint density at radius 2 is 1.66 bits per heavy atom. The van der Waals surface area contributed by atoms with Gasteiger partial charge in [0.05, 0.1) is 5.92 Å². The number of likely N-dealkylation sites (tertiary alicyclic amines) is 1. The summed E-state index contributed by atoms with van der Waals surface area (Å²) >= 11 is 0. The van der Waals surface area contributed by atoms with Gasteiger partial charge in [-0.25, -0.2) is 4.79 Å². The molecule has 3 amide bonds. The van der Waals surface area contributed by atoms with E-state index in [2.05, 4.69) is 10.6 Å². The number of hydrogen-bond donors (Lipinski definition) is 2. The number of piperidine rings is 1. The monoisotopic (exact) mass is 401 g/mol. The highest BCUT2D eigenvalue weighted by molar-refractivity contribution is 5.89. The fourth-order valence-electron chi connectivity index (χ4n) is 3.93. The van der Waals surface area contributed by atoms with Crippen molar-refractivity contribution in [1.29, 1.82) is 0 Å². The number of urea groups is 1. The first kappa shape index (κ1) is 21.1. The average molecular weight is 402 g/mol. The topological polar surface area (TPSA) is 87.7 Å². The van der Waals surface area contributed by atoms with E-state index >= 15 is 0 Å². The van der Waals surface area contributed by atoms with Crippen LogP contribution >= 0.6 is 0 Å². The van der Waals surface area contributed by atoms with E-state index in [1.807, 2.05) is 30.3 Å². The minimum atomic E-state index is -0.788. The fourth-order valence-corrected chi connectivity index (χ4v) is 3.93. The second kappa shape index (κ2) is 10.3. The minimum absolute atomic E-state index is 0.164. The van der Waals surface area contributed by atoms with E-state index in [0.717, 1.165) is 31.4 Å². The fraction of sp³-hybridized carbons (Fsp3) is 0.591. The number of para-hydroxylation sites is 1. The second-order valence-corrected chi connectivity index (χ2v) is 7.98. The van der Waals surface area contributed by atoms with E-state index in [-0.39, 0.29) is 29.9 Å². The van der Waals surface area contributed by atoms with Crippen LogP contribution in [0, 0.1) is 5.92 Å². The third kappa shape index (κ3) is 6.21. The van der Waals surface area contributed by atoms with Gasteiger partial charge in [0.15, 0.2) is 6.10 Å².